The van der Waals surface area contributed by atoms with Crippen LogP contribution in [0.3, 0.4) is 0 Å². The van der Waals surface area contributed by atoms with Crippen molar-refractivity contribution in [1.82, 2.24) is 10.2 Å². The minimum Gasteiger partial charge on any atom is -0.316 e. The first-order chi connectivity index (χ1) is 9.15. The van der Waals surface area contributed by atoms with Crippen LogP contribution >= 0.6 is 0 Å². The Balaban J connectivity index is 2.49. The molecule has 1 rings (SSSR count). The number of hydrogen-bond donors (Lipinski definition) is 1. The Morgan fingerprint density at radius 2 is 1.79 bits per heavy atom. The summed E-state index contributed by atoms with van der Waals surface area (Å²) < 4.78 is 0. The molecule has 2 nitrogen and oxygen atoms in total. The molecule has 2 heteroatoms. The molecule has 0 aromatic carbocycles. The minimum atomic E-state index is 0.433. The molecule has 0 aromatic heterocycles. The molecular formula is C17H36N2. The van der Waals surface area contributed by atoms with E-state index in [1.807, 2.05) is 0 Å². The lowest BCUT2D eigenvalue weighted by Gasteiger charge is -2.40. The zero-order valence-electron chi connectivity index (χ0n) is 13.8. The van der Waals surface area contributed by atoms with Gasteiger partial charge in [-0.15, -0.1) is 0 Å². The minimum absolute atomic E-state index is 0.433. The Bertz CT molecular complexity index is 223. The van der Waals surface area contributed by atoms with Gasteiger partial charge in [0, 0.05) is 19.1 Å². The van der Waals surface area contributed by atoms with Crippen LogP contribution in [0.4, 0.5) is 0 Å². The highest BCUT2D eigenvalue weighted by molar-refractivity contribution is 4.84. The predicted molar refractivity (Wildman–Crippen MR) is 85.7 cm³/mol. The van der Waals surface area contributed by atoms with Crippen LogP contribution in [-0.2, 0) is 0 Å². The SMILES string of the molecule is CCCNCC(C)(CC)CN(CC)C1CCCCC1. The smallest absolute Gasteiger partial charge is 0.00953 e. The summed E-state index contributed by atoms with van der Waals surface area (Å²) in [4.78, 5) is 2.76. The largest absolute Gasteiger partial charge is 0.316 e. The maximum atomic E-state index is 3.63. The molecule has 0 heterocycles. The molecule has 19 heavy (non-hydrogen) atoms. The number of hydrogen-bond acceptors (Lipinski definition) is 2. The molecule has 0 bridgehead atoms. The molecule has 0 spiro atoms. The van der Waals surface area contributed by atoms with Gasteiger partial charge in [-0.1, -0.05) is 47.0 Å². The van der Waals surface area contributed by atoms with E-state index in [2.05, 4.69) is 37.9 Å². The van der Waals surface area contributed by atoms with E-state index < -0.39 is 0 Å². The molecule has 0 saturated heterocycles. The summed E-state index contributed by atoms with van der Waals surface area (Å²) in [6.07, 6.45) is 9.70. The molecule has 1 N–H and O–H groups in total. The van der Waals surface area contributed by atoms with Crippen molar-refractivity contribution in [2.75, 3.05) is 26.2 Å². The average Bonchev–Trinajstić information content (AvgIpc) is 2.46. The molecule has 0 aromatic rings. The molecule has 1 fully saturated rings. The zero-order chi connectivity index (χ0) is 14.1. The Labute approximate surface area is 121 Å². The van der Waals surface area contributed by atoms with Gasteiger partial charge in [-0.05, 0) is 44.2 Å². The van der Waals surface area contributed by atoms with E-state index in [0.29, 0.717) is 5.41 Å². The molecule has 0 aliphatic heterocycles. The van der Waals surface area contributed by atoms with E-state index in [1.54, 1.807) is 0 Å². The van der Waals surface area contributed by atoms with Crippen LogP contribution in [0.2, 0.25) is 0 Å². The molecule has 1 aliphatic rings. The predicted octanol–water partition coefficient (Wildman–Crippen LogP) is 4.06. The van der Waals surface area contributed by atoms with Gasteiger partial charge in [0.15, 0.2) is 0 Å². The molecule has 0 radical (unpaired) electrons. The molecule has 1 unspecified atom stereocenters. The first kappa shape index (κ1) is 17.0. The normalized spacial score (nSPS) is 20.7. The first-order valence-corrected chi connectivity index (χ1v) is 8.60. The van der Waals surface area contributed by atoms with E-state index in [9.17, 15) is 0 Å². The summed E-state index contributed by atoms with van der Waals surface area (Å²) in [5.41, 5.74) is 0.433. The van der Waals surface area contributed by atoms with E-state index in [4.69, 9.17) is 0 Å². The molecule has 1 atom stereocenters. The maximum absolute atomic E-state index is 3.63. The summed E-state index contributed by atoms with van der Waals surface area (Å²) in [6, 6.07) is 0.857. The van der Waals surface area contributed by atoms with Gasteiger partial charge in [-0.25, -0.2) is 0 Å². The summed E-state index contributed by atoms with van der Waals surface area (Å²) in [5, 5.41) is 3.63. The van der Waals surface area contributed by atoms with Gasteiger partial charge >= 0.3 is 0 Å². The fraction of sp³-hybridized carbons (Fsp3) is 1.00. The van der Waals surface area contributed by atoms with Crippen molar-refractivity contribution in [3.63, 3.8) is 0 Å². The Morgan fingerprint density at radius 3 is 2.32 bits per heavy atom. The second-order valence-electron chi connectivity index (χ2n) is 6.70. The van der Waals surface area contributed by atoms with Crippen LogP contribution in [0.1, 0.15) is 72.6 Å². The second kappa shape index (κ2) is 8.97. The highest BCUT2D eigenvalue weighted by atomic mass is 15.2. The van der Waals surface area contributed by atoms with Gasteiger partial charge in [0.1, 0.15) is 0 Å². The van der Waals surface area contributed by atoms with Crippen LogP contribution in [0.25, 0.3) is 0 Å². The third-order valence-electron chi connectivity index (χ3n) is 4.91. The Morgan fingerprint density at radius 1 is 1.11 bits per heavy atom. The molecule has 1 saturated carbocycles. The van der Waals surface area contributed by atoms with Gasteiger partial charge in [-0.2, -0.15) is 0 Å². The van der Waals surface area contributed by atoms with Crippen molar-refractivity contribution < 1.29 is 0 Å². The number of rotatable bonds is 9. The summed E-state index contributed by atoms with van der Waals surface area (Å²) in [7, 11) is 0. The number of nitrogens with one attached hydrogen (secondary N) is 1. The van der Waals surface area contributed by atoms with Gasteiger partial charge in [0.25, 0.3) is 0 Å². The highest BCUT2D eigenvalue weighted by Gasteiger charge is 2.28. The van der Waals surface area contributed by atoms with E-state index in [0.717, 1.165) is 12.6 Å². The van der Waals surface area contributed by atoms with Crippen LogP contribution in [0, 0.1) is 5.41 Å². The Hall–Kier alpha value is -0.0800. The van der Waals surface area contributed by atoms with E-state index >= 15 is 0 Å². The lowest BCUT2D eigenvalue weighted by molar-refractivity contribution is 0.0974. The van der Waals surface area contributed by atoms with Crippen molar-refractivity contribution in [3.8, 4) is 0 Å². The number of nitrogens with zero attached hydrogens (tertiary/aromatic N) is 1. The van der Waals surface area contributed by atoms with Crippen LogP contribution < -0.4 is 5.32 Å². The average molecular weight is 268 g/mol. The van der Waals surface area contributed by atoms with E-state index in [-0.39, 0.29) is 0 Å². The second-order valence-corrected chi connectivity index (χ2v) is 6.70. The standard InChI is InChI=1S/C17H36N2/c1-5-13-18-14-17(4,6-2)15-19(7-3)16-11-9-8-10-12-16/h16,18H,5-15H2,1-4H3. The van der Waals surface area contributed by atoms with Crippen LogP contribution in [0.5, 0.6) is 0 Å². The zero-order valence-corrected chi connectivity index (χ0v) is 13.8. The van der Waals surface area contributed by atoms with Crippen molar-refractivity contribution in [2.45, 2.75) is 78.7 Å². The maximum Gasteiger partial charge on any atom is 0.00953 e. The third kappa shape index (κ3) is 5.83. The first-order valence-electron chi connectivity index (χ1n) is 8.60. The van der Waals surface area contributed by atoms with Crippen molar-refractivity contribution in [3.05, 3.63) is 0 Å². The van der Waals surface area contributed by atoms with Crippen molar-refractivity contribution in [2.24, 2.45) is 5.41 Å². The van der Waals surface area contributed by atoms with Crippen LogP contribution in [-0.4, -0.2) is 37.1 Å². The molecule has 114 valence electrons. The van der Waals surface area contributed by atoms with Crippen molar-refractivity contribution in [1.29, 1.82) is 0 Å². The van der Waals surface area contributed by atoms with Crippen LogP contribution in [0.15, 0.2) is 0 Å². The van der Waals surface area contributed by atoms with Crippen molar-refractivity contribution >= 4 is 0 Å². The van der Waals surface area contributed by atoms with Gasteiger partial charge in [-0.3, -0.25) is 0 Å². The lowest BCUT2D eigenvalue weighted by Crippen LogP contribution is -2.46. The highest BCUT2D eigenvalue weighted by Crippen LogP contribution is 2.28. The Kier molecular flexibility index (Phi) is 8.01. The monoisotopic (exact) mass is 268 g/mol. The van der Waals surface area contributed by atoms with Gasteiger partial charge in [0.2, 0.25) is 0 Å². The fourth-order valence-corrected chi connectivity index (χ4v) is 3.30. The quantitative estimate of drug-likeness (QED) is 0.635. The third-order valence-corrected chi connectivity index (χ3v) is 4.91. The molecular weight excluding hydrogens is 232 g/mol. The van der Waals surface area contributed by atoms with Gasteiger partial charge in [0.05, 0.1) is 0 Å². The van der Waals surface area contributed by atoms with Gasteiger partial charge < -0.3 is 10.2 Å². The lowest BCUT2D eigenvalue weighted by atomic mass is 9.85. The fourth-order valence-electron chi connectivity index (χ4n) is 3.30. The molecule has 1 aliphatic carbocycles. The molecule has 0 amide bonds. The summed E-state index contributed by atoms with van der Waals surface area (Å²) in [6.45, 7) is 14.2. The summed E-state index contributed by atoms with van der Waals surface area (Å²) in [5.74, 6) is 0. The van der Waals surface area contributed by atoms with E-state index in [1.165, 1.54) is 64.6 Å². The topological polar surface area (TPSA) is 15.3 Å². The summed E-state index contributed by atoms with van der Waals surface area (Å²) >= 11 is 0.